The molecule has 6 atom stereocenters. The largest absolute Gasteiger partial charge is 0.488 e. The summed E-state index contributed by atoms with van der Waals surface area (Å²) in [6.07, 6.45) is 1.11. The van der Waals surface area contributed by atoms with E-state index >= 15 is 0 Å². The lowest BCUT2D eigenvalue weighted by atomic mass is 10.1. The van der Waals surface area contributed by atoms with Crippen LogP contribution in [0.5, 0.6) is 5.75 Å². The number of nitrogens with one attached hydrogen (secondary N) is 2. The van der Waals surface area contributed by atoms with Crippen LogP contribution in [0.4, 0.5) is 4.79 Å². The Kier molecular flexibility index (Phi) is 9.48. The van der Waals surface area contributed by atoms with Crippen LogP contribution in [0.2, 0.25) is 0 Å². The van der Waals surface area contributed by atoms with Crippen molar-refractivity contribution < 1.29 is 38.5 Å². The van der Waals surface area contributed by atoms with Gasteiger partial charge in [-0.1, -0.05) is 18.2 Å². The van der Waals surface area contributed by atoms with Gasteiger partial charge in [0.25, 0.3) is 0 Å². The number of carboxylic acids is 1. The van der Waals surface area contributed by atoms with E-state index < -0.39 is 70.8 Å². The maximum atomic E-state index is 14.3. The Labute approximate surface area is 263 Å². The number of hydrogen-bond acceptors (Lipinski definition) is 8. The smallest absolute Gasteiger partial charge is 0.408 e. The topological polar surface area (TPSA) is 156 Å². The fourth-order valence-electron chi connectivity index (χ4n) is 5.66. The maximum absolute atomic E-state index is 14.3. The maximum Gasteiger partial charge on any atom is 0.408 e. The van der Waals surface area contributed by atoms with Crippen molar-refractivity contribution >= 4 is 34.8 Å². The van der Waals surface area contributed by atoms with Crippen LogP contribution in [0.25, 0.3) is 10.9 Å². The van der Waals surface area contributed by atoms with Gasteiger partial charge in [0, 0.05) is 23.9 Å². The van der Waals surface area contributed by atoms with E-state index in [9.17, 15) is 24.3 Å². The number of pyridine rings is 1. The number of likely N-dealkylation sites (tertiary alicyclic amines) is 1. The molecule has 1 aromatic heterocycles. The molecule has 244 valence electrons. The average molecular weight is 625 g/mol. The first kappa shape index (κ1) is 33.7. The number of amides is 3. The molecule has 1 aliphatic carbocycles. The van der Waals surface area contributed by atoms with E-state index in [1.807, 2.05) is 45.0 Å². The predicted molar refractivity (Wildman–Crippen MR) is 167 cm³/mol. The fraction of sp³-hybridized carbons (Fsp3) is 0.545. The highest BCUT2D eigenvalue weighted by molar-refractivity contribution is 5.96. The molecule has 3 N–H and O–H groups in total. The SMILES string of the molecule is C=C[C@H]1CC1(NC(=O)[C@@H]1C[C@@H](Oc2ccnc3ccccc23)CN1C(=O)[C@@H](NC(=O)OC(C)(C)C)C(C)OC(C)(C)C)C(=O)O. The highest BCUT2D eigenvalue weighted by Gasteiger charge is 2.61. The average Bonchev–Trinajstić information content (AvgIpc) is 3.49. The number of carboxylic acid groups (broad SMARTS) is 1. The zero-order valence-electron chi connectivity index (χ0n) is 27.0. The lowest BCUT2D eigenvalue weighted by molar-refractivity contribution is -0.148. The summed E-state index contributed by atoms with van der Waals surface area (Å²) < 4.78 is 17.9. The number of alkyl carbamates (subject to hydrolysis) is 1. The number of carbonyl (C=O) groups excluding carboxylic acids is 3. The third-order valence-corrected chi connectivity index (χ3v) is 7.73. The van der Waals surface area contributed by atoms with Crippen LogP contribution in [0.15, 0.2) is 49.2 Å². The Morgan fingerprint density at radius 1 is 1.11 bits per heavy atom. The molecule has 2 aliphatic rings. The minimum absolute atomic E-state index is 0.00668. The predicted octanol–water partition coefficient (Wildman–Crippen LogP) is 3.83. The van der Waals surface area contributed by atoms with Crippen molar-refractivity contribution in [3.8, 4) is 5.75 Å². The van der Waals surface area contributed by atoms with Gasteiger partial charge in [-0.05, 0) is 73.1 Å². The summed E-state index contributed by atoms with van der Waals surface area (Å²) in [4.78, 5) is 58.9. The minimum atomic E-state index is -1.50. The van der Waals surface area contributed by atoms with E-state index in [0.717, 1.165) is 10.9 Å². The van der Waals surface area contributed by atoms with Crippen LogP contribution in [0.3, 0.4) is 0 Å². The molecule has 1 aromatic carbocycles. The first-order valence-corrected chi connectivity index (χ1v) is 15.1. The van der Waals surface area contributed by atoms with Crippen molar-refractivity contribution in [3.63, 3.8) is 0 Å². The zero-order chi connectivity index (χ0) is 33.3. The van der Waals surface area contributed by atoms with Gasteiger partial charge in [0.15, 0.2) is 0 Å². The molecule has 1 aliphatic heterocycles. The number of hydrogen-bond donors (Lipinski definition) is 3. The second-order valence-electron chi connectivity index (χ2n) is 13.7. The van der Waals surface area contributed by atoms with Crippen molar-refractivity contribution in [1.29, 1.82) is 0 Å². The molecule has 1 saturated heterocycles. The summed E-state index contributed by atoms with van der Waals surface area (Å²) in [6.45, 7) is 15.9. The van der Waals surface area contributed by atoms with Gasteiger partial charge in [0.05, 0.1) is 23.8 Å². The van der Waals surface area contributed by atoms with Crippen LogP contribution in [-0.2, 0) is 23.9 Å². The lowest BCUT2D eigenvalue weighted by Crippen LogP contribution is -2.59. The summed E-state index contributed by atoms with van der Waals surface area (Å²) in [5.41, 5.74) is -2.27. The van der Waals surface area contributed by atoms with Crippen molar-refractivity contribution in [3.05, 3.63) is 49.2 Å². The second-order valence-corrected chi connectivity index (χ2v) is 13.7. The molecule has 2 unspecified atom stereocenters. The number of para-hydroxylation sites is 1. The van der Waals surface area contributed by atoms with Crippen molar-refractivity contribution in [2.75, 3.05) is 6.54 Å². The molecule has 45 heavy (non-hydrogen) atoms. The molecular weight excluding hydrogens is 580 g/mol. The minimum Gasteiger partial charge on any atom is -0.488 e. The quantitative estimate of drug-likeness (QED) is 0.334. The zero-order valence-corrected chi connectivity index (χ0v) is 27.0. The summed E-state index contributed by atoms with van der Waals surface area (Å²) in [5.74, 6) is -2.32. The van der Waals surface area contributed by atoms with Gasteiger partial charge in [0.2, 0.25) is 11.8 Å². The Balaban J connectivity index is 1.66. The van der Waals surface area contributed by atoms with Crippen molar-refractivity contribution in [1.82, 2.24) is 20.5 Å². The number of fused-ring (bicyclic) bond motifs is 1. The van der Waals surface area contributed by atoms with Crippen LogP contribution >= 0.6 is 0 Å². The lowest BCUT2D eigenvalue weighted by Gasteiger charge is -2.35. The van der Waals surface area contributed by atoms with Gasteiger partial charge >= 0.3 is 12.1 Å². The highest BCUT2D eigenvalue weighted by Crippen LogP contribution is 2.45. The van der Waals surface area contributed by atoms with Crippen LogP contribution in [0.1, 0.15) is 61.3 Å². The van der Waals surface area contributed by atoms with Gasteiger partial charge in [0.1, 0.15) is 35.1 Å². The molecule has 0 bridgehead atoms. The number of ether oxygens (including phenoxy) is 3. The molecule has 2 aromatic rings. The van der Waals surface area contributed by atoms with E-state index in [2.05, 4.69) is 22.2 Å². The Morgan fingerprint density at radius 3 is 2.40 bits per heavy atom. The van der Waals surface area contributed by atoms with Gasteiger partial charge in [-0.2, -0.15) is 0 Å². The first-order chi connectivity index (χ1) is 20.9. The first-order valence-electron chi connectivity index (χ1n) is 15.1. The van der Waals surface area contributed by atoms with Gasteiger partial charge in [-0.25, -0.2) is 9.59 Å². The Morgan fingerprint density at radius 2 is 1.80 bits per heavy atom. The van der Waals surface area contributed by atoms with E-state index in [1.54, 1.807) is 40.0 Å². The Hall–Kier alpha value is -4.19. The molecule has 3 amide bonds. The third kappa shape index (κ3) is 7.91. The van der Waals surface area contributed by atoms with Crippen molar-refractivity contribution in [2.45, 2.75) is 102 Å². The monoisotopic (exact) mass is 624 g/mol. The number of aliphatic carboxylic acids is 1. The second kappa shape index (κ2) is 12.7. The summed E-state index contributed by atoms with van der Waals surface area (Å²) in [7, 11) is 0. The number of nitrogens with zero attached hydrogens (tertiary/aromatic N) is 2. The standard InChI is InChI=1S/C33H44N4O8/c1-9-20-17-33(20,29(40)41)36-27(38)24-16-21(43-25-14-15-34-23-13-11-10-12-22(23)25)18-37(24)28(39)26(19(2)44-31(3,4)5)35-30(42)45-32(6,7)8/h9-15,19-21,24,26H,1,16-18H2,2-8H3,(H,35,42)(H,36,38)(H,40,41)/t19?,20-,21+,24-,26-,33?/m0/s1. The summed E-state index contributed by atoms with van der Waals surface area (Å²) in [6, 6.07) is 6.83. The normalized spacial score (nSPS) is 24.3. The van der Waals surface area contributed by atoms with E-state index in [4.69, 9.17) is 14.2 Å². The molecule has 2 heterocycles. The van der Waals surface area contributed by atoms with E-state index in [1.165, 1.54) is 11.0 Å². The van der Waals surface area contributed by atoms with Gasteiger partial charge < -0.3 is 34.9 Å². The van der Waals surface area contributed by atoms with Crippen LogP contribution < -0.4 is 15.4 Å². The molecule has 12 heteroatoms. The number of carbonyl (C=O) groups is 4. The van der Waals surface area contributed by atoms with E-state index in [0.29, 0.717) is 5.75 Å². The van der Waals surface area contributed by atoms with E-state index in [-0.39, 0.29) is 19.4 Å². The molecule has 12 nitrogen and oxygen atoms in total. The number of rotatable bonds is 10. The summed E-state index contributed by atoms with van der Waals surface area (Å²) in [5, 5.41) is 16.0. The molecule has 1 saturated carbocycles. The van der Waals surface area contributed by atoms with Gasteiger partial charge in [-0.3, -0.25) is 14.6 Å². The number of benzene rings is 1. The number of aromatic nitrogens is 1. The Bertz CT molecular complexity index is 1460. The van der Waals surface area contributed by atoms with Crippen molar-refractivity contribution in [2.24, 2.45) is 5.92 Å². The van der Waals surface area contributed by atoms with Gasteiger partial charge in [-0.15, -0.1) is 6.58 Å². The summed E-state index contributed by atoms with van der Waals surface area (Å²) >= 11 is 0. The molecule has 2 fully saturated rings. The fourth-order valence-corrected chi connectivity index (χ4v) is 5.66. The molecular formula is C33H44N4O8. The molecule has 0 radical (unpaired) electrons. The van der Waals surface area contributed by atoms with Crippen LogP contribution in [-0.4, -0.2) is 86.4 Å². The molecule has 0 spiro atoms. The highest BCUT2D eigenvalue weighted by atomic mass is 16.6. The van der Waals surface area contributed by atoms with Crippen LogP contribution in [0, 0.1) is 5.92 Å². The third-order valence-electron chi connectivity index (χ3n) is 7.73. The molecule has 4 rings (SSSR count).